The van der Waals surface area contributed by atoms with Gasteiger partial charge in [0.25, 0.3) is 0 Å². The van der Waals surface area contributed by atoms with Gasteiger partial charge in [-0.25, -0.2) is 4.98 Å². The summed E-state index contributed by atoms with van der Waals surface area (Å²) in [6.45, 7) is 0. The number of aromatic nitrogens is 2. The topological polar surface area (TPSA) is 21.1 Å². The molecule has 0 saturated heterocycles. The number of benzene rings is 1. The van der Waals surface area contributed by atoms with E-state index in [1.807, 2.05) is 18.0 Å². The number of thioether (sulfide) groups is 1. The van der Waals surface area contributed by atoms with Gasteiger partial charge < -0.3 is 4.90 Å². The van der Waals surface area contributed by atoms with E-state index >= 15 is 0 Å². The van der Waals surface area contributed by atoms with Crippen LogP contribution in [0, 0.1) is 0 Å². The van der Waals surface area contributed by atoms with Crippen LogP contribution in [0.15, 0.2) is 84.2 Å². The maximum absolute atomic E-state index is 4.73. The minimum atomic E-state index is -0.102. The fourth-order valence-electron chi connectivity index (χ4n) is 3.66. The van der Waals surface area contributed by atoms with E-state index in [0.717, 1.165) is 18.1 Å². The van der Waals surface area contributed by atoms with Gasteiger partial charge in [-0.05, 0) is 24.1 Å². The zero-order chi connectivity index (χ0) is 16.0. The molecule has 118 valence electrons. The Labute approximate surface area is 145 Å². The van der Waals surface area contributed by atoms with Crippen molar-refractivity contribution in [1.29, 1.82) is 0 Å². The van der Waals surface area contributed by atoms with Crippen LogP contribution in [-0.2, 0) is 5.75 Å². The van der Waals surface area contributed by atoms with Crippen LogP contribution in [-0.4, -0.2) is 15.1 Å². The lowest BCUT2D eigenvalue weighted by Crippen LogP contribution is -2.43. The standard InChI is InChI=1S/C20H17N3S/c1-2-8-16(9-3-1)15-24-18-14-21-19-22-13-7-6-12-20(22)11-5-4-10-17(20)23(18)19/h1-10,12-14H,11,15H2. The molecule has 5 rings (SSSR count). The molecule has 0 fully saturated rings. The Balaban J connectivity index is 1.54. The van der Waals surface area contributed by atoms with E-state index < -0.39 is 0 Å². The number of hydrogen-bond acceptors (Lipinski definition) is 3. The van der Waals surface area contributed by atoms with Gasteiger partial charge in [-0.3, -0.25) is 4.57 Å². The van der Waals surface area contributed by atoms with Crippen molar-refractivity contribution >= 4 is 23.4 Å². The minimum absolute atomic E-state index is 0.102. The van der Waals surface area contributed by atoms with Crippen LogP contribution in [0.1, 0.15) is 12.0 Å². The number of hydrogen-bond donors (Lipinski definition) is 0. The van der Waals surface area contributed by atoms with E-state index in [2.05, 4.69) is 82.5 Å². The lowest BCUT2D eigenvalue weighted by molar-refractivity contribution is 0.652. The molecule has 3 nitrogen and oxygen atoms in total. The number of allylic oxidation sites excluding steroid dienone is 4. The largest absolute Gasteiger partial charge is 0.303 e. The number of rotatable bonds is 3. The number of imidazole rings is 1. The Hall–Kier alpha value is -2.46. The number of fused-ring (bicyclic) bond motifs is 3. The average Bonchev–Trinajstić information content (AvgIpc) is 3.17. The molecule has 0 N–H and O–H groups in total. The highest BCUT2D eigenvalue weighted by Crippen LogP contribution is 2.49. The highest BCUT2D eigenvalue weighted by atomic mass is 32.2. The molecule has 3 heterocycles. The Morgan fingerprint density at radius 1 is 1.12 bits per heavy atom. The second-order valence-corrected chi connectivity index (χ2v) is 7.18. The summed E-state index contributed by atoms with van der Waals surface area (Å²) in [4.78, 5) is 7.03. The molecule has 1 aromatic heterocycles. The van der Waals surface area contributed by atoms with Crippen LogP contribution in [0.2, 0.25) is 0 Å². The monoisotopic (exact) mass is 331 g/mol. The van der Waals surface area contributed by atoms with Gasteiger partial charge >= 0.3 is 0 Å². The predicted octanol–water partition coefficient (Wildman–Crippen LogP) is 4.62. The summed E-state index contributed by atoms with van der Waals surface area (Å²) in [6, 6.07) is 10.6. The molecule has 4 heteroatoms. The fourth-order valence-corrected chi connectivity index (χ4v) is 4.61. The number of anilines is 1. The molecule has 24 heavy (non-hydrogen) atoms. The third-order valence-corrected chi connectivity index (χ3v) is 5.87. The van der Waals surface area contributed by atoms with Gasteiger partial charge in [-0.2, -0.15) is 0 Å². The van der Waals surface area contributed by atoms with Crippen LogP contribution >= 0.6 is 11.8 Å². The van der Waals surface area contributed by atoms with Gasteiger partial charge in [0.2, 0.25) is 5.95 Å². The van der Waals surface area contributed by atoms with Crippen molar-refractivity contribution in [2.24, 2.45) is 0 Å². The average molecular weight is 331 g/mol. The first-order chi connectivity index (χ1) is 11.9. The van der Waals surface area contributed by atoms with Crippen LogP contribution in [0.3, 0.4) is 0 Å². The normalized spacial score (nSPS) is 23.0. The number of nitrogens with zero attached hydrogens (tertiary/aromatic N) is 3. The molecule has 1 aromatic carbocycles. The van der Waals surface area contributed by atoms with E-state index in [1.165, 1.54) is 16.3 Å². The predicted molar refractivity (Wildman–Crippen MR) is 99.8 cm³/mol. The Morgan fingerprint density at radius 3 is 2.96 bits per heavy atom. The fraction of sp³-hybridized carbons (Fsp3) is 0.150. The Morgan fingerprint density at radius 2 is 2.04 bits per heavy atom. The van der Waals surface area contributed by atoms with Gasteiger partial charge in [0.15, 0.2) is 0 Å². The maximum atomic E-state index is 4.73. The van der Waals surface area contributed by atoms with Gasteiger partial charge in [0.05, 0.1) is 11.9 Å². The maximum Gasteiger partial charge on any atom is 0.216 e. The first kappa shape index (κ1) is 13.9. The highest BCUT2D eigenvalue weighted by Gasteiger charge is 2.48. The van der Waals surface area contributed by atoms with E-state index in [9.17, 15) is 0 Å². The third kappa shape index (κ3) is 1.89. The second kappa shape index (κ2) is 5.28. The summed E-state index contributed by atoms with van der Waals surface area (Å²) in [5.74, 6) is 1.97. The molecule has 2 aromatic rings. The summed E-state index contributed by atoms with van der Waals surface area (Å²) in [7, 11) is 0. The minimum Gasteiger partial charge on any atom is -0.303 e. The van der Waals surface area contributed by atoms with Crippen molar-refractivity contribution in [3.63, 3.8) is 0 Å². The van der Waals surface area contributed by atoms with Gasteiger partial charge in [0.1, 0.15) is 10.6 Å². The van der Waals surface area contributed by atoms with Gasteiger partial charge in [-0.1, -0.05) is 54.6 Å². The van der Waals surface area contributed by atoms with E-state index in [4.69, 9.17) is 4.98 Å². The Bertz CT molecular complexity index is 904. The third-order valence-electron chi connectivity index (χ3n) is 4.81. The van der Waals surface area contributed by atoms with Crippen LogP contribution in [0.25, 0.3) is 5.70 Å². The summed E-state index contributed by atoms with van der Waals surface area (Å²) in [6.07, 6.45) is 18.3. The SMILES string of the molecule is C1=CCC23C=CC=CN2c2ncc(SCc4ccccc4)n2C3=C1. The van der Waals surface area contributed by atoms with Crippen LogP contribution < -0.4 is 4.90 Å². The first-order valence-electron chi connectivity index (χ1n) is 8.16. The lowest BCUT2D eigenvalue weighted by Gasteiger charge is -2.37. The summed E-state index contributed by atoms with van der Waals surface area (Å²) in [5, 5.41) is 1.20. The lowest BCUT2D eigenvalue weighted by atomic mass is 9.85. The molecular weight excluding hydrogens is 314 g/mol. The molecular formula is C20H17N3S. The molecule has 0 amide bonds. The zero-order valence-corrected chi connectivity index (χ0v) is 14.0. The van der Waals surface area contributed by atoms with Crippen molar-refractivity contribution in [2.75, 3.05) is 4.90 Å². The molecule has 0 bridgehead atoms. The molecule has 0 saturated carbocycles. The summed E-state index contributed by atoms with van der Waals surface area (Å²) < 4.78 is 2.32. The summed E-state index contributed by atoms with van der Waals surface area (Å²) in [5.41, 5.74) is 2.53. The molecule has 1 aliphatic carbocycles. The molecule has 1 atom stereocenters. The zero-order valence-electron chi connectivity index (χ0n) is 13.2. The van der Waals surface area contributed by atoms with Crippen molar-refractivity contribution in [1.82, 2.24) is 9.55 Å². The van der Waals surface area contributed by atoms with Crippen molar-refractivity contribution in [3.05, 3.63) is 84.7 Å². The molecule has 1 unspecified atom stereocenters. The van der Waals surface area contributed by atoms with E-state index in [-0.39, 0.29) is 5.54 Å². The van der Waals surface area contributed by atoms with E-state index in [0.29, 0.717) is 0 Å². The van der Waals surface area contributed by atoms with Crippen molar-refractivity contribution in [3.8, 4) is 0 Å². The van der Waals surface area contributed by atoms with Crippen LogP contribution in [0.5, 0.6) is 0 Å². The molecule has 1 spiro atoms. The molecule has 3 aliphatic rings. The smallest absolute Gasteiger partial charge is 0.216 e. The Kier molecular flexibility index (Phi) is 3.06. The highest BCUT2D eigenvalue weighted by molar-refractivity contribution is 7.98. The molecule has 2 aliphatic heterocycles. The van der Waals surface area contributed by atoms with Crippen LogP contribution in [0.4, 0.5) is 5.95 Å². The summed E-state index contributed by atoms with van der Waals surface area (Å²) >= 11 is 1.84. The van der Waals surface area contributed by atoms with Gasteiger partial charge in [-0.15, -0.1) is 11.8 Å². The van der Waals surface area contributed by atoms with E-state index in [1.54, 1.807) is 0 Å². The van der Waals surface area contributed by atoms with Crippen molar-refractivity contribution < 1.29 is 0 Å². The van der Waals surface area contributed by atoms with Crippen molar-refractivity contribution in [2.45, 2.75) is 22.7 Å². The second-order valence-electron chi connectivity index (χ2n) is 6.19. The first-order valence-corrected chi connectivity index (χ1v) is 9.15. The van der Waals surface area contributed by atoms with Gasteiger partial charge in [0, 0.05) is 12.0 Å². The molecule has 0 radical (unpaired) electrons. The quantitative estimate of drug-likeness (QED) is 0.766.